The predicted molar refractivity (Wildman–Crippen MR) is 90.7 cm³/mol. The van der Waals surface area contributed by atoms with Crippen molar-refractivity contribution < 1.29 is 24.5 Å². The van der Waals surface area contributed by atoms with E-state index in [4.69, 9.17) is 20.9 Å². The number of carbonyl (C=O) groups is 1. The number of nitrogens with two attached hydrogens (primary N) is 2. The first-order valence-electron chi connectivity index (χ1n) is 8.35. The summed E-state index contributed by atoms with van der Waals surface area (Å²) in [5, 5.41) is 20.5. The van der Waals surface area contributed by atoms with E-state index in [9.17, 15) is 15.0 Å². The van der Waals surface area contributed by atoms with Crippen molar-refractivity contribution in [3.05, 3.63) is 0 Å². The van der Waals surface area contributed by atoms with E-state index >= 15 is 0 Å². The van der Waals surface area contributed by atoms with Crippen molar-refractivity contribution in [2.24, 2.45) is 11.5 Å². The lowest BCUT2D eigenvalue weighted by Gasteiger charge is -2.33. The average Bonchev–Trinajstić information content (AvgIpc) is 2.46. The Morgan fingerprint density at radius 2 is 1.50 bits per heavy atom. The van der Waals surface area contributed by atoms with E-state index in [2.05, 4.69) is 5.43 Å². The van der Waals surface area contributed by atoms with Gasteiger partial charge in [0.15, 0.2) is 0 Å². The monoisotopic (exact) mass is 350 g/mol. The Balaban J connectivity index is 4.88. The van der Waals surface area contributed by atoms with E-state index in [1.807, 2.05) is 0 Å². The zero-order chi connectivity index (χ0) is 18.6. The topological polar surface area (TPSA) is 143 Å². The van der Waals surface area contributed by atoms with Crippen molar-refractivity contribution in [1.82, 2.24) is 10.4 Å². The van der Waals surface area contributed by atoms with Gasteiger partial charge in [0.1, 0.15) is 0 Å². The molecule has 2 unspecified atom stereocenters. The van der Waals surface area contributed by atoms with Crippen LogP contribution in [0.25, 0.3) is 0 Å². The van der Waals surface area contributed by atoms with E-state index < -0.39 is 23.9 Å². The molecule has 144 valence electrons. The van der Waals surface area contributed by atoms with Gasteiger partial charge < -0.3 is 31.2 Å². The van der Waals surface area contributed by atoms with Crippen LogP contribution in [0.2, 0.25) is 0 Å². The summed E-state index contributed by atoms with van der Waals surface area (Å²) in [6.45, 7) is 6.47. The highest BCUT2D eigenvalue weighted by Gasteiger charge is 2.36. The number of hydrogen-bond donors (Lipinski definition) is 5. The van der Waals surface area contributed by atoms with Crippen LogP contribution >= 0.6 is 0 Å². The fourth-order valence-electron chi connectivity index (χ4n) is 1.92. The first-order valence-corrected chi connectivity index (χ1v) is 8.35. The number of carbonyl (C=O) groups excluding carboxylic acids is 1. The van der Waals surface area contributed by atoms with Crippen molar-refractivity contribution in [2.45, 2.75) is 51.6 Å². The second-order valence-corrected chi connectivity index (χ2v) is 5.97. The van der Waals surface area contributed by atoms with Crippen LogP contribution in [0.4, 0.5) is 0 Å². The third kappa shape index (κ3) is 10.1. The molecule has 0 aromatic heterocycles. The van der Waals surface area contributed by atoms with Gasteiger partial charge in [0, 0.05) is 13.1 Å². The summed E-state index contributed by atoms with van der Waals surface area (Å²) in [7, 11) is 0. The van der Waals surface area contributed by atoms with E-state index in [0.29, 0.717) is 25.9 Å². The number of nitrogens with one attached hydrogen (secondary N) is 1. The number of hydrogen-bond acceptors (Lipinski definition) is 8. The van der Waals surface area contributed by atoms with Gasteiger partial charge in [-0.3, -0.25) is 10.2 Å². The normalized spacial score (nSPS) is 14.7. The van der Waals surface area contributed by atoms with Crippen molar-refractivity contribution >= 4 is 5.91 Å². The average molecular weight is 350 g/mol. The SMILES string of the molecule is CC(O)CN(CC(C)O)NC(=O)C(C)(OCCCN)OCCCN. The fraction of sp³-hybridized carbons (Fsp3) is 0.933. The third-order valence-corrected chi connectivity index (χ3v) is 3.09. The smallest absolute Gasteiger partial charge is 0.294 e. The summed E-state index contributed by atoms with van der Waals surface area (Å²) < 4.78 is 11.2. The lowest BCUT2D eigenvalue weighted by Crippen LogP contribution is -2.57. The molecule has 0 spiro atoms. The lowest BCUT2D eigenvalue weighted by molar-refractivity contribution is -0.226. The van der Waals surface area contributed by atoms with Gasteiger partial charge in [0.25, 0.3) is 5.91 Å². The van der Waals surface area contributed by atoms with Crippen molar-refractivity contribution in [2.75, 3.05) is 39.4 Å². The molecule has 0 aromatic rings. The van der Waals surface area contributed by atoms with Gasteiger partial charge in [-0.25, -0.2) is 5.01 Å². The Hall–Kier alpha value is -0.810. The second kappa shape index (κ2) is 12.5. The minimum atomic E-state index is -1.50. The molecule has 0 heterocycles. The fourth-order valence-corrected chi connectivity index (χ4v) is 1.92. The van der Waals surface area contributed by atoms with E-state index in [1.165, 1.54) is 11.9 Å². The van der Waals surface area contributed by atoms with Crippen LogP contribution in [-0.2, 0) is 14.3 Å². The molecule has 9 nitrogen and oxygen atoms in total. The summed E-state index contributed by atoms with van der Waals surface area (Å²) in [4.78, 5) is 12.6. The van der Waals surface area contributed by atoms with Crippen LogP contribution in [-0.4, -0.2) is 78.5 Å². The lowest BCUT2D eigenvalue weighted by atomic mass is 10.3. The molecule has 7 N–H and O–H groups in total. The van der Waals surface area contributed by atoms with E-state index in [0.717, 1.165) is 0 Å². The molecular weight excluding hydrogens is 316 g/mol. The van der Waals surface area contributed by atoms with Gasteiger partial charge in [-0.15, -0.1) is 0 Å². The first-order chi connectivity index (χ1) is 11.2. The zero-order valence-electron chi connectivity index (χ0n) is 15.0. The molecule has 0 aliphatic heterocycles. The summed E-state index contributed by atoms with van der Waals surface area (Å²) in [5.74, 6) is -2.02. The Morgan fingerprint density at radius 3 is 1.83 bits per heavy atom. The number of amides is 1. The number of hydrazine groups is 1. The molecule has 0 aliphatic rings. The van der Waals surface area contributed by atoms with Gasteiger partial charge in [-0.05, 0) is 46.7 Å². The third-order valence-electron chi connectivity index (χ3n) is 3.09. The maximum atomic E-state index is 12.6. The molecule has 0 aromatic carbocycles. The second-order valence-electron chi connectivity index (χ2n) is 5.97. The number of rotatable bonds is 14. The molecular formula is C15H34N4O5. The summed E-state index contributed by atoms with van der Waals surface area (Å²) in [6, 6.07) is 0. The molecule has 9 heteroatoms. The Labute approximate surface area is 144 Å². The molecule has 2 atom stereocenters. The van der Waals surface area contributed by atoms with Crippen LogP contribution in [0.1, 0.15) is 33.6 Å². The summed E-state index contributed by atoms with van der Waals surface area (Å²) >= 11 is 0. The van der Waals surface area contributed by atoms with Gasteiger partial charge in [0.05, 0.1) is 25.4 Å². The molecule has 0 aliphatic carbocycles. The van der Waals surface area contributed by atoms with E-state index in [1.54, 1.807) is 13.8 Å². The van der Waals surface area contributed by atoms with Crippen molar-refractivity contribution in [3.8, 4) is 0 Å². The van der Waals surface area contributed by atoms with Gasteiger partial charge >= 0.3 is 0 Å². The Morgan fingerprint density at radius 1 is 1.08 bits per heavy atom. The molecule has 0 fully saturated rings. The first kappa shape index (κ1) is 23.2. The maximum Gasteiger partial charge on any atom is 0.294 e. The van der Waals surface area contributed by atoms with Crippen LogP contribution in [0, 0.1) is 0 Å². The van der Waals surface area contributed by atoms with Crippen LogP contribution in [0.5, 0.6) is 0 Å². The van der Waals surface area contributed by atoms with E-state index in [-0.39, 0.29) is 26.3 Å². The standard InChI is InChI=1S/C15H34N4O5/c1-12(20)10-19(11-13(2)21)18-14(22)15(3,23-8-4-6-16)24-9-5-7-17/h12-13,20-21H,4-11,16-17H2,1-3H3,(H,18,22). The summed E-state index contributed by atoms with van der Waals surface area (Å²) in [5.41, 5.74) is 13.5. The molecule has 0 saturated carbocycles. The zero-order valence-corrected chi connectivity index (χ0v) is 15.0. The number of ether oxygens (including phenoxy) is 2. The van der Waals surface area contributed by atoms with Gasteiger partial charge in [0.2, 0.25) is 5.79 Å². The molecule has 24 heavy (non-hydrogen) atoms. The Bertz CT molecular complexity index is 322. The molecule has 0 radical (unpaired) electrons. The Kier molecular flexibility index (Phi) is 12.1. The largest absolute Gasteiger partial charge is 0.392 e. The highest BCUT2D eigenvalue weighted by molar-refractivity contribution is 5.82. The van der Waals surface area contributed by atoms with Crippen LogP contribution in [0.15, 0.2) is 0 Å². The molecule has 1 amide bonds. The number of aliphatic hydroxyl groups is 2. The summed E-state index contributed by atoms with van der Waals surface area (Å²) in [6.07, 6.45) is -0.166. The van der Waals surface area contributed by atoms with Crippen LogP contribution < -0.4 is 16.9 Å². The highest BCUT2D eigenvalue weighted by atomic mass is 16.7. The van der Waals surface area contributed by atoms with Gasteiger partial charge in [-0.1, -0.05) is 0 Å². The molecule has 0 rings (SSSR count). The van der Waals surface area contributed by atoms with Crippen molar-refractivity contribution in [3.63, 3.8) is 0 Å². The van der Waals surface area contributed by atoms with Gasteiger partial charge in [-0.2, -0.15) is 0 Å². The molecule has 0 saturated heterocycles. The maximum absolute atomic E-state index is 12.6. The highest BCUT2D eigenvalue weighted by Crippen LogP contribution is 2.14. The minimum Gasteiger partial charge on any atom is -0.392 e. The molecule has 0 bridgehead atoms. The van der Waals surface area contributed by atoms with Crippen LogP contribution in [0.3, 0.4) is 0 Å². The predicted octanol–water partition coefficient (Wildman–Crippen LogP) is -1.47. The van der Waals surface area contributed by atoms with Crippen molar-refractivity contribution in [1.29, 1.82) is 0 Å². The quantitative estimate of drug-likeness (QED) is 0.145. The number of aliphatic hydroxyl groups excluding tert-OH is 2. The number of nitrogens with zero attached hydrogens (tertiary/aromatic N) is 1. The minimum absolute atomic E-state index is 0.165.